The average Bonchev–Trinajstić information content (AvgIpc) is 2.74. The summed E-state index contributed by atoms with van der Waals surface area (Å²) in [5.41, 5.74) is 3.13. The van der Waals surface area contributed by atoms with Gasteiger partial charge >= 0.3 is 0 Å². The van der Waals surface area contributed by atoms with Crippen LogP contribution in [0.5, 0.6) is 5.75 Å². The van der Waals surface area contributed by atoms with Crippen molar-refractivity contribution in [2.75, 3.05) is 13.7 Å². The fraction of sp³-hybridized carbons (Fsp3) is 0.760. The van der Waals surface area contributed by atoms with E-state index in [0.717, 1.165) is 18.7 Å². The molecule has 1 unspecified atom stereocenters. The maximum Gasteiger partial charge on any atom is 0.192 e. The molecule has 1 fully saturated rings. The lowest BCUT2D eigenvalue weighted by Gasteiger charge is -2.38. The number of hydrogen-bond acceptors (Lipinski definition) is 3. The quantitative estimate of drug-likeness (QED) is 0.397. The van der Waals surface area contributed by atoms with Crippen molar-refractivity contribution in [1.82, 2.24) is 5.32 Å². The maximum atomic E-state index is 7.09. The number of benzene rings is 1. The molecule has 1 saturated carbocycles. The van der Waals surface area contributed by atoms with Gasteiger partial charge in [0.2, 0.25) is 0 Å². The molecule has 1 N–H and O–H groups in total. The summed E-state index contributed by atoms with van der Waals surface area (Å²) in [4.78, 5) is 0. The third-order valence-electron chi connectivity index (χ3n) is 7.34. The molecule has 1 atom stereocenters. The molecule has 0 radical (unpaired) electrons. The van der Waals surface area contributed by atoms with E-state index in [2.05, 4.69) is 65.1 Å². The van der Waals surface area contributed by atoms with Gasteiger partial charge in [0.25, 0.3) is 0 Å². The Morgan fingerprint density at radius 1 is 1.07 bits per heavy atom. The van der Waals surface area contributed by atoms with Crippen LogP contribution in [-0.2, 0) is 10.8 Å². The van der Waals surface area contributed by atoms with Crippen LogP contribution in [0.1, 0.15) is 84.5 Å². The molecule has 166 valence electrons. The largest absolute Gasteiger partial charge is 0.496 e. The van der Waals surface area contributed by atoms with Crippen molar-refractivity contribution in [1.29, 1.82) is 0 Å². The Morgan fingerprint density at radius 2 is 1.69 bits per heavy atom. The summed E-state index contributed by atoms with van der Waals surface area (Å²) in [6.07, 6.45) is 6.23. The van der Waals surface area contributed by atoms with E-state index >= 15 is 0 Å². The molecule has 0 aromatic heterocycles. The van der Waals surface area contributed by atoms with Crippen LogP contribution in [0.3, 0.4) is 0 Å². The van der Waals surface area contributed by atoms with Gasteiger partial charge in [0, 0.05) is 18.2 Å². The highest BCUT2D eigenvalue weighted by Crippen LogP contribution is 2.38. The predicted molar refractivity (Wildman–Crippen MR) is 127 cm³/mol. The summed E-state index contributed by atoms with van der Waals surface area (Å²) in [5, 5.41) is 3.90. The van der Waals surface area contributed by atoms with Crippen LogP contribution in [0.15, 0.2) is 18.2 Å². The highest BCUT2D eigenvalue weighted by molar-refractivity contribution is 6.73. The van der Waals surface area contributed by atoms with Crippen molar-refractivity contribution in [3.05, 3.63) is 29.3 Å². The number of hydrogen-bond donors (Lipinski definition) is 1. The molecule has 1 aromatic carbocycles. The molecule has 0 saturated heterocycles. The molecule has 1 aliphatic rings. The van der Waals surface area contributed by atoms with Gasteiger partial charge in [-0.15, -0.1) is 0 Å². The van der Waals surface area contributed by atoms with Crippen LogP contribution in [0.2, 0.25) is 18.1 Å². The standard InChI is InChI=1S/C25H45NO2Si/c1-8-20-13-12-14-22(27-7)24(20)23(28-29(9-2,10-3)11-4)19-26-21-15-17-25(5,6)18-16-21/h12-14,21,23,26H,8-11,15-19H2,1-7H3. The fourth-order valence-electron chi connectivity index (χ4n) is 4.82. The lowest BCUT2D eigenvalue weighted by Crippen LogP contribution is -2.43. The van der Waals surface area contributed by atoms with E-state index in [1.54, 1.807) is 7.11 Å². The molecule has 2 rings (SSSR count). The Labute approximate surface area is 181 Å². The van der Waals surface area contributed by atoms with Crippen molar-refractivity contribution in [3.8, 4) is 5.75 Å². The maximum absolute atomic E-state index is 7.09. The Morgan fingerprint density at radius 3 is 2.21 bits per heavy atom. The Kier molecular flexibility index (Phi) is 9.24. The van der Waals surface area contributed by atoms with Gasteiger partial charge in [0.1, 0.15) is 5.75 Å². The molecule has 0 amide bonds. The third kappa shape index (κ3) is 6.32. The summed E-state index contributed by atoms with van der Waals surface area (Å²) in [5.74, 6) is 0.979. The molecular weight excluding hydrogens is 374 g/mol. The molecule has 4 heteroatoms. The first-order chi connectivity index (χ1) is 13.8. The van der Waals surface area contributed by atoms with E-state index in [0.29, 0.717) is 11.5 Å². The van der Waals surface area contributed by atoms with Crippen LogP contribution < -0.4 is 10.1 Å². The van der Waals surface area contributed by atoms with E-state index in [9.17, 15) is 0 Å². The van der Waals surface area contributed by atoms with Crippen molar-refractivity contribution in [3.63, 3.8) is 0 Å². The SMILES string of the molecule is CCc1cccc(OC)c1C(CNC1CCC(C)(C)CC1)O[Si](CC)(CC)CC. The van der Waals surface area contributed by atoms with Crippen LogP contribution in [0, 0.1) is 5.41 Å². The number of nitrogens with one attached hydrogen (secondary N) is 1. The number of ether oxygens (including phenoxy) is 1. The molecule has 0 aliphatic heterocycles. The Bertz CT molecular complexity index is 587. The van der Waals surface area contributed by atoms with Gasteiger partial charge < -0.3 is 14.5 Å². The zero-order valence-corrected chi connectivity index (χ0v) is 21.1. The van der Waals surface area contributed by atoms with Crippen LogP contribution >= 0.6 is 0 Å². The van der Waals surface area contributed by atoms with E-state index in [1.807, 2.05) is 0 Å². The summed E-state index contributed by atoms with van der Waals surface area (Å²) in [7, 11) is 0.0479. The normalized spacial score (nSPS) is 18.6. The van der Waals surface area contributed by atoms with Crippen molar-refractivity contribution < 1.29 is 9.16 Å². The van der Waals surface area contributed by atoms with Crippen LogP contribution in [0.25, 0.3) is 0 Å². The molecule has 3 nitrogen and oxygen atoms in total. The second-order valence-corrected chi connectivity index (χ2v) is 14.3. The van der Waals surface area contributed by atoms with Crippen LogP contribution in [-0.4, -0.2) is 28.0 Å². The van der Waals surface area contributed by atoms with Crippen molar-refractivity contribution >= 4 is 8.32 Å². The minimum Gasteiger partial charge on any atom is -0.496 e. The molecule has 1 aliphatic carbocycles. The first-order valence-corrected chi connectivity index (χ1v) is 14.4. The van der Waals surface area contributed by atoms with E-state index in [-0.39, 0.29) is 6.10 Å². The highest BCUT2D eigenvalue weighted by Gasteiger charge is 2.35. The Hall–Kier alpha value is -0.843. The third-order valence-corrected chi connectivity index (χ3v) is 12.0. The van der Waals surface area contributed by atoms with Gasteiger partial charge in [0.15, 0.2) is 8.32 Å². The first kappa shape index (κ1) is 24.4. The lowest BCUT2D eigenvalue weighted by molar-refractivity contribution is 0.157. The summed E-state index contributed by atoms with van der Waals surface area (Å²) in [6.45, 7) is 14.9. The zero-order valence-electron chi connectivity index (χ0n) is 20.1. The second kappa shape index (κ2) is 11.0. The molecule has 0 bridgehead atoms. The monoisotopic (exact) mass is 419 g/mol. The predicted octanol–water partition coefficient (Wildman–Crippen LogP) is 6.88. The van der Waals surface area contributed by atoms with Crippen LogP contribution in [0.4, 0.5) is 0 Å². The lowest BCUT2D eigenvalue weighted by atomic mass is 9.75. The average molecular weight is 420 g/mol. The summed E-state index contributed by atoms with van der Waals surface area (Å²) >= 11 is 0. The molecule has 29 heavy (non-hydrogen) atoms. The van der Waals surface area contributed by atoms with Gasteiger partial charge in [-0.3, -0.25) is 0 Å². The fourth-order valence-corrected chi connectivity index (χ4v) is 7.63. The molecular formula is C25H45NO2Si. The molecule has 1 aromatic rings. The van der Waals surface area contributed by atoms with Gasteiger partial charge in [-0.2, -0.15) is 0 Å². The van der Waals surface area contributed by atoms with E-state index < -0.39 is 8.32 Å². The summed E-state index contributed by atoms with van der Waals surface area (Å²) < 4.78 is 12.9. The zero-order chi connectivity index (χ0) is 21.5. The van der Waals surface area contributed by atoms with Gasteiger partial charge in [-0.25, -0.2) is 0 Å². The number of rotatable bonds is 11. The van der Waals surface area contributed by atoms with Gasteiger partial charge in [-0.1, -0.05) is 53.7 Å². The van der Waals surface area contributed by atoms with E-state index in [1.165, 1.54) is 54.9 Å². The minimum atomic E-state index is -1.74. The molecule has 0 heterocycles. The topological polar surface area (TPSA) is 30.5 Å². The Balaban J connectivity index is 2.27. The van der Waals surface area contributed by atoms with Crippen molar-refractivity contribution in [2.45, 2.75) is 104 Å². The van der Waals surface area contributed by atoms with Gasteiger partial charge in [0.05, 0.1) is 13.2 Å². The number of methoxy groups -OCH3 is 1. The second-order valence-electron chi connectivity index (χ2n) is 9.58. The number of aryl methyl sites for hydroxylation is 1. The first-order valence-electron chi connectivity index (χ1n) is 11.9. The highest BCUT2D eigenvalue weighted by atomic mass is 28.4. The van der Waals surface area contributed by atoms with E-state index in [4.69, 9.17) is 9.16 Å². The minimum absolute atomic E-state index is 0.0718. The molecule has 0 spiro atoms. The summed E-state index contributed by atoms with van der Waals surface area (Å²) in [6, 6.07) is 10.6. The smallest absolute Gasteiger partial charge is 0.192 e. The van der Waals surface area contributed by atoms with Gasteiger partial charge in [-0.05, 0) is 67.3 Å². The van der Waals surface area contributed by atoms with Crippen molar-refractivity contribution in [2.24, 2.45) is 5.41 Å².